The highest BCUT2D eigenvalue weighted by molar-refractivity contribution is 5.70. The molecule has 0 aromatic carbocycles. The van der Waals surface area contributed by atoms with Crippen LogP contribution >= 0.6 is 0 Å². The fourth-order valence-corrected chi connectivity index (χ4v) is 5.15. The Labute approximate surface area is 346 Å². The highest BCUT2D eigenvalue weighted by atomic mass is 16.6. The molecule has 0 aromatic heterocycles. The fourth-order valence-electron chi connectivity index (χ4n) is 5.15. The summed E-state index contributed by atoms with van der Waals surface area (Å²) < 4.78 is 17.0. The second-order valence-corrected chi connectivity index (χ2v) is 14.5. The molecule has 0 saturated carbocycles. The fraction of sp³-hybridized carbons (Fsp3) is 0.531. The van der Waals surface area contributed by atoms with Gasteiger partial charge in [-0.1, -0.05) is 135 Å². The highest BCUT2D eigenvalue weighted by Gasteiger charge is 2.25. The molecule has 0 spiro atoms. The number of likely N-dealkylation sites (N-methyl/N-ethyl adjacent to an activating group) is 1. The van der Waals surface area contributed by atoms with Crippen molar-refractivity contribution in [3.05, 3.63) is 122 Å². The molecule has 318 valence electrons. The molecule has 2 atom stereocenters. The zero-order valence-corrected chi connectivity index (χ0v) is 35.9. The largest absolute Gasteiger partial charge is 0.544 e. The first kappa shape index (κ1) is 52.7. The van der Waals surface area contributed by atoms with Gasteiger partial charge in [-0.15, -0.1) is 0 Å². The number of nitrogens with zero attached hydrogens (tertiary/aromatic N) is 1. The molecule has 0 aliphatic carbocycles. The Hall–Kier alpha value is -4.27. The zero-order chi connectivity index (χ0) is 42.1. The average Bonchev–Trinajstić information content (AvgIpc) is 3.17. The number of rotatable bonds is 35. The normalized spacial score (nSPS) is 14.2. The number of hydrogen-bond acceptors (Lipinski definition) is 7. The Balaban J connectivity index is 4.62. The van der Waals surface area contributed by atoms with Gasteiger partial charge in [0.15, 0.2) is 6.10 Å². The molecule has 57 heavy (non-hydrogen) atoms. The topological polar surface area (TPSA) is 102 Å². The van der Waals surface area contributed by atoms with Gasteiger partial charge in [-0.2, -0.15) is 0 Å². The highest BCUT2D eigenvalue weighted by Crippen LogP contribution is 2.10. The van der Waals surface area contributed by atoms with E-state index in [4.69, 9.17) is 14.2 Å². The second kappa shape index (κ2) is 38.6. The van der Waals surface area contributed by atoms with E-state index in [0.717, 1.165) is 70.6 Å². The molecule has 0 rings (SSSR count). The minimum Gasteiger partial charge on any atom is -0.544 e. The van der Waals surface area contributed by atoms with E-state index in [9.17, 15) is 19.5 Å². The van der Waals surface area contributed by atoms with Gasteiger partial charge < -0.3 is 28.6 Å². The van der Waals surface area contributed by atoms with Gasteiger partial charge in [0.05, 0.1) is 40.3 Å². The SMILES string of the molecule is CC/C=C/C/C=C/C/C=C/C/C=C/C/C=C/CCCC(=O)OC(COCCC(C(=O)[O-])[N+](C)(C)C)COC(=O)CC/C=C/C/C=C/C/C=C/C/C=C/C/C=C/CC. The first-order valence-corrected chi connectivity index (χ1v) is 21.1. The number of ether oxygens (including phenoxy) is 3. The Morgan fingerprint density at radius 1 is 0.526 bits per heavy atom. The van der Waals surface area contributed by atoms with E-state index in [1.54, 1.807) is 21.1 Å². The third kappa shape index (κ3) is 37.1. The summed E-state index contributed by atoms with van der Waals surface area (Å²) in [5, 5.41) is 11.6. The van der Waals surface area contributed by atoms with Crippen molar-refractivity contribution in [1.29, 1.82) is 0 Å². The van der Waals surface area contributed by atoms with Gasteiger partial charge in [-0.3, -0.25) is 9.59 Å². The molecule has 2 unspecified atom stereocenters. The summed E-state index contributed by atoms with van der Waals surface area (Å²) in [4.78, 5) is 36.8. The van der Waals surface area contributed by atoms with Crippen LogP contribution in [0.4, 0.5) is 0 Å². The number of carboxylic acids is 1. The van der Waals surface area contributed by atoms with E-state index in [-0.39, 0.29) is 43.6 Å². The maximum Gasteiger partial charge on any atom is 0.306 e. The van der Waals surface area contributed by atoms with Gasteiger partial charge in [0.2, 0.25) is 0 Å². The monoisotopic (exact) mass is 790 g/mol. The lowest BCUT2D eigenvalue weighted by Crippen LogP contribution is -2.55. The molecule has 0 radical (unpaired) electrons. The van der Waals surface area contributed by atoms with E-state index in [0.29, 0.717) is 12.8 Å². The smallest absolute Gasteiger partial charge is 0.306 e. The van der Waals surface area contributed by atoms with Crippen LogP contribution in [0.5, 0.6) is 0 Å². The van der Waals surface area contributed by atoms with Gasteiger partial charge in [-0.05, 0) is 83.5 Å². The number of quaternary nitrogens is 1. The van der Waals surface area contributed by atoms with Crippen molar-refractivity contribution < 1.29 is 38.2 Å². The van der Waals surface area contributed by atoms with Gasteiger partial charge in [0.25, 0.3) is 0 Å². The van der Waals surface area contributed by atoms with Crippen LogP contribution in [0.1, 0.15) is 117 Å². The third-order valence-corrected chi connectivity index (χ3v) is 8.36. The van der Waals surface area contributed by atoms with Gasteiger partial charge >= 0.3 is 11.9 Å². The van der Waals surface area contributed by atoms with Crippen molar-refractivity contribution in [2.24, 2.45) is 0 Å². The van der Waals surface area contributed by atoms with E-state index in [2.05, 4.69) is 123 Å². The summed E-state index contributed by atoms with van der Waals surface area (Å²) in [6.45, 7) is 4.25. The van der Waals surface area contributed by atoms with E-state index >= 15 is 0 Å². The quantitative estimate of drug-likeness (QED) is 0.0273. The lowest BCUT2D eigenvalue weighted by Gasteiger charge is -2.34. The summed E-state index contributed by atoms with van der Waals surface area (Å²) in [6, 6.07) is -0.754. The summed E-state index contributed by atoms with van der Waals surface area (Å²) in [5.74, 6) is -1.94. The summed E-state index contributed by atoms with van der Waals surface area (Å²) >= 11 is 0. The van der Waals surface area contributed by atoms with Crippen molar-refractivity contribution in [2.75, 3.05) is 41.0 Å². The molecular formula is C49H75NO7. The van der Waals surface area contributed by atoms with Crippen molar-refractivity contribution in [1.82, 2.24) is 0 Å². The van der Waals surface area contributed by atoms with Crippen LogP contribution in [-0.2, 0) is 28.6 Å². The molecule has 0 saturated heterocycles. The maximum absolute atomic E-state index is 12.7. The number of carbonyl (C=O) groups is 3. The van der Waals surface area contributed by atoms with Crippen LogP contribution in [0, 0.1) is 0 Å². The molecule has 0 amide bonds. The molecule has 8 heteroatoms. The summed E-state index contributed by atoms with van der Waals surface area (Å²) in [6.07, 6.45) is 53.9. The number of carbonyl (C=O) groups excluding carboxylic acids is 3. The van der Waals surface area contributed by atoms with Crippen LogP contribution < -0.4 is 5.11 Å². The number of unbranched alkanes of at least 4 members (excludes halogenated alkanes) is 1. The molecule has 8 nitrogen and oxygen atoms in total. The number of carboxylic acid groups (broad SMARTS) is 1. The van der Waals surface area contributed by atoms with Crippen molar-refractivity contribution in [2.45, 2.75) is 129 Å². The molecule has 0 N–H and O–H groups in total. The predicted octanol–water partition coefficient (Wildman–Crippen LogP) is 10.1. The van der Waals surface area contributed by atoms with Crippen molar-refractivity contribution in [3.8, 4) is 0 Å². The molecule has 0 bridgehead atoms. The first-order chi connectivity index (χ1) is 27.6. The van der Waals surface area contributed by atoms with Crippen LogP contribution in [0.25, 0.3) is 0 Å². The lowest BCUT2D eigenvalue weighted by molar-refractivity contribution is -0.889. The minimum atomic E-state index is -1.15. The third-order valence-electron chi connectivity index (χ3n) is 8.36. The summed E-state index contributed by atoms with van der Waals surface area (Å²) in [7, 11) is 5.34. The number of aliphatic carboxylic acids is 1. The van der Waals surface area contributed by atoms with Crippen molar-refractivity contribution in [3.63, 3.8) is 0 Å². The molecule has 0 aliphatic rings. The van der Waals surface area contributed by atoms with Gasteiger partial charge in [-0.25, -0.2) is 0 Å². The number of hydrogen-bond donors (Lipinski definition) is 0. The Morgan fingerprint density at radius 3 is 1.33 bits per heavy atom. The molecule has 0 heterocycles. The maximum atomic E-state index is 12.7. The van der Waals surface area contributed by atoms with E-state index < -0.39 is 30.1 Å². The Kier molecular flexibility index (Phi) is 35.7. The first-order valence-electron chi connectivity index (χ1n) is 21.1. The van der Waals surface area contributed by atoms with Crippen LogP contribution in [-0.4, -0.2) is 75.5 Å². The minimum absolute atomic E-state index is 0.0144. The Morgan fingerprint density at radius 2 is 0.930 bits per heavy atom. The van der Waals surface area contributed by atoms with Crippen LogP contribution in [0.15, 0.2) is 122 Å². The molecular weight excluding hydrogens is 715 g/mol. The van der Waals surface area contributed by atoms with Crippen LogP contribution in [0.2, 0.25) is 0 Å². The van der Waals surface area contributed by atoms with Crippen LogP contribution in [0.3, 0.4) is 0 Å². The standard InChI is InChI=1S/C49H75NO7/c1-6-8-10-12-14-16-18-20-22-24-26-28-30-32-34-36-38-40-48(52)57-45(43-55-42-41-46(49(53)54)50(3,4)5)44-56-47(51)39-37-35-33-31-29-27-25-23-21-19-17-15-13-11-9-7-2/h8-11,14-17,20-23,26-29,32-35,45-46H,6-7,12-13,18-19,24-25,30-31,36-44H2,1-5H3/b10-8+,11-9+,16-14+,17-15+,22-20+,23-21+,28-26+,29-27+,34-32+,35-33+. The van der Waals surface area contributed by atoms with Gasteiger partial charge in [0, 0.05) is 19.3 Å². The van der Waals surface area contributed by atoms with E-state index in [1.807, 2.05) is 12.2 Å². The lowest BCUT2D eigenvalue weighted by atomic mass is 10.1. The average molecular weight is 790 g/mol. The van der Waals surface area contributed by atoms with Gasteiger partial charge in [0.1, 0.15) is 12.6 Å². The molecule has 0 aliphatic heterocycles. The number of allylic oxidation sites excluding steroid dienone is 20. The number of esters is 2. The molecule has 0 aromatic rings. The zero-order valence-electron chi connectivity index (χ0n) is 35.9. The van der Waals surface area contributed by atoms with E-state index in [1.165, 1.54) is 0 Å². The second-order valence-electron chi connectivity index (χ2n) is 14.5. The molecule has 0 fully saturated rings. The van der Waals surface area contributed by atoms with Crippen molar-refractivity contribution >= 4 is 17.9 Å². The summed E-state index contributed by atoms with van der Waals surface area (Å²) in [5.41, 5.74) is 0. The Bertz CT molecular complexity index is 1340. The predicted molar refractivity (Wildman–Crippen MR) is 235 cm³/mol.